The Morgan fingerprint density at radius 3 is 2.73 bits per heavy atom. The maximum atomic E-state index is 10.3. The fraction of sp³-hybridized carbons (Fsp3) is 0.667. The average Bonchev–Trinajstić information content (AvgIpc) is 1.97. The number of carbonyl (C=O) groups is 1. The molecule has 0 spiro atoms. The van der Waals surface area contributed by atoms with E-state index >= 15 is 0 Å². The zero-order valence-corrected chi connectivity index (χ0v) is 7.21. The Morgan fingerprint density at radius 2 is 2.27 bits per heavy atom. The van der Waals surface area contributed by atoms with Crippen LogP contribution in [-0.2, 0) is 4.79 Å². The molecule has 0 aromatic carbocycles. The summed E-state index contributed by atoms with van der Waals surface area (Å²) >= 11 is 0. The molecule has 1 N–H and O–H groups in total. The molecule has 0 aromatic rings. The number of aliphatic carboxylic acids is 1. The number of carboxylic acid groups (broad SMARTS) is 1. The lowest BCUT2D eigenvalue weighted by Crippen LogP contribution is -2.05. The number of hydrogen-bond donors (Lipinski definition) is 1. The summed E-state index contributed by atoms with van der Waals surface area (Å²) in [5.41, 5.74) is 0. The molecule has 0 aliphatic rings. The van der Waals surface area contributed by atoms with Crippen molar-refractivity contribution in [3.8, 4) is 0 Å². The molecule has 2 nitrogen and oxygen atoms in total. The largest absolute Gasteiger partial charge is 0.481 e. The average molecular weight is 156 g/mol. The van der Waals surface area contributed by atoms with Crippen LogP contribution >= 0.6 is 0 Å². The number of carboxylic acids is 1. The monoisotopic (exact) mass is 156 g/mol. The van der Waals surface area contributed by atoms with E-state index in [0.29, 0.717) is 0 Å². The number of rotatable bonds is 5. The summed E-state index contributed by atoms with van der Waals surface area (Å²) in [6.45, 7) is 3.80. The van der Waals surface area contributed by atoms with Crippen molar-refractivity contribution in [2.24, 2.45) is 5.92 Å². The second-order valence-electron chi connectivity index (χ2n) is 2.70. The van der Waals surface area contributed by atoms with Crippen LogP contribution in [0.1, 0.15) is 33.1 Å². The van der Waals surface area contributed by atoms with Crippen molar-refractivity contribution >= 4 is 5.97 Å². The lowest BCUT2D eigenvalue weighted by molar-refractivity contribution is -0.139. The van der Waals surface area contributed by atoms with Gasteiger partial charge in [0.15, 0.2) is 0 Å². The molecule has 0 amide bonds. The molecular formula is C9H16O2. The minimum Gasteiger partial charge on any atom is -0.481 e. The molecule has 64 valence electrons. The zero-order valence-electron chi connectivity index (χ0n) is 7.21. The molecule has 0 fully saturated rings. The predicted molar refractivity (Wildman–Crippen MR) is 45.5 cm³/mol. The third-order valence-electron chi connectivity index (χ3n) is 1.54. The maximum absolute atomic E-state index is 10.3. The summed E-state index contributed by atoms with van der Waals surface area (Å²) in [5, 5.41) is 8.49. The number of allylic oxidation sites excluding steroid dienone is 1. The highest BCUT2D eigenvalue weighted by Crippen LogP contribution is 2.00. The molecule has 0 saturated carbocycles. The predicted octanol–water partition coefficient (Wildman–Crippen LogP) is 2.45. The highest BCUT2D eigenvalue weighted by atomic mass is 16.4. The van der Waals surface area contributed by atoms with Crippen molar-refractivity contribution in [1.29, 1.82) is 0 Å². The van der Waals surface area contributed by atoms with Gasteiger partial charge in [-0.3, -0.25) is 4.79 Å². The molecule has 1 unspecified atom stereocenters. The Bertz CT molecular complexity index is 138. The summed E-state index contributed by atoms with van der Waals surface area (Å²) < 4.78 is 0. The highest BCUT2D eigenvalue weighted by molar-refractivity contribution is 5.71. The molecule has 0 aromatic heterocycles. The van der Waals surface area contributed by atoms with Gasteiger partial charge in [0.05, 0.1) is 5.92 Å². The molecule has 0 rings (SSSR count). The molecule has 1 atom stereocenters. The van der Waals surface area contributed by atoms with Crippen molar-refractivity contribution in [1.82, 2.24) is 0 Å². The fourth-order valence-electron chi connectivity index (χ4n) is 0.705. The lowest BCUT2D eigenvalue weighted by Gasteiger charge is -1.96. The van der Waals surface area contributed by atoms with Gasteiger partial charge in [0, 0.05) is 0 Å². The molecule has 0 radical (unpaired) electrons. The lowest BCUT2D eigenvalue weighted by atomic mass is 10.1. The third-order valence-corrected chi connectivity index (χ3v) is 1.54. The Kier molecular flexibility index (Phi) is 5.53. The van der Waals surface area contributed by atoms with E-state index in [-0.39, 0.29) is 5.92 Å². The van der Waals surface area contributed by atoms with Crippen molar-refractivity contribution in [3.63, 3.8) is 0 Å². The second kappa shape index (κ2) is 5.96. The molecule has 0 heterocycles. The maximum Gasteiger partial charge on any atom is 0.310 e. The van der Waals surface area contributed by atoms with Gasteiger partial charge in [-0.25, -0.2) is 0 Å². The number of unbranched alkanes of at least 4 members (excludes halogenated alkanes) is 2. The van der Waals surface area contributed by atoms with E-state index < -0.39 is 5.97 Å². The van der Waals surface area contributed by atoms with E-state index in [9.17, 15) is 4.79 Å². The minimum absolute atomic E-state index is 0.341. The molecule has 0 aliphatic heterocycles. The summed E-state index contributed by atoms with van der Waals surface area (Å²) in [6.07, 6.45) is 6.99. The summed E-state index contributed by atoms with van der Waals surface area (Å²) in [4.78, 5) is 10.3. The molecular weight excluding hydrogens is 140 g/mol. The van der Waals surface area contributed by atoms with Crippen molar-refractivity contribution in [3.05, 3.63) is 12.2 Å². The van der Waals surface area contributed by atoms with Crippen molar-refractivity contribution < 1.29 is 9.90 Å². The Hall–Kier alpha value is -0.790. The minimum atomic E-state index is -0.752. The van der Waals surface area contributed by atoms with Crippen LogP contribution < -0.4 is 0 Å². The zero-order chi connectivity index (χ0) is 8.69. The molecule has 2 heteroatoms. The van der Waals surface area contributed by atoms with Crippen LogP contribution in [0.2, 0.25) is 0 Å². The van der Waals surface area contributed by atoms with E-state index in [4.69, 9.17) is 5.11 Å². The third kappa shape index (κ3) is 5.64. The Labute approximate surface area is 67.9 Å². The Balaban J connectivity index is 3.48. The van der Waals surface area contributed by atoms with Gasteiger partial charge in [0.1, 0.15) is 0 Å². The molecule has 11 heavy (non-hydrogen) atoms. The van der Waals surface area contributed by atoms with E-state index in [0.717, 1.165) is 19.3 Å². The van der Waals surface area contributed by atoms with E-state index in [1.54, 1.807) is 13.0 Å². The Morgan fingerprint density at radius 1 is 1.64 bits per heavy atom. The van der Waals surface area contributed by atoms with Gasteiger partial charge in [-0.1, -0.05) is 31.9 Å². The van der Waals surface area contributed by atoms with Gasteiger partial charge >= 0.3 is 5.97 Å². The summed E-state index contributed by atoms with van der Waals surface area (Å²) in [6, 6.07) is 0. The van der Waals surface area contributed by atoms with Crippen molar-refractivity contribution in [2.75, 3.05) is 0 Å². The van der Waals surface area contributed by atoms with Crippen LogP contribution in [0.15, 0.2) is 12.2 Å². The molecule has 0 saturated heterocycles. The fourth-order valence-corrected chi connectivity index (χ4v) is 0.705. The van der Waals surface area contributed by atoms with Crippen LogP contribution in [0.5, 0.6) is 0 Å². The van der Waals surface area contributed by atoms with Gasteiger partial charge in [0.25, 0.3) is 0 Å². The van der Waals surface area contributed by atoms with E-state index in [2.05, 4.69) is 6.92 Å². The number of hydrogen-bond acceptors (Lipinski definition) is 1. The first-order valence-corrected chi connectivity index (χ1v) is 4.08. The first kappa shape index (κ1) is 10.2. The van der Waals surface area contributed by atoms with Gasteiger partial charge in [0.2, 0.25) is 0 Å². The summed E-state index contributed by atoms with van der Waals surface area (Å²) in [7, 11) is 0. The smallest absolute Gasteiger partial charge is 0.310 e. The summed E-state index contributed by atoms with van der Waals surface area (Å²) in [5.74, 6) is -1.09. The van der Waals surface area contributed by atoms with E-state index in [1.165, 1.54) is 0 Å². The second-order valence-corrected chi connectivity index (χ2v) is 2.70. The van der Waals surface area contributed by atoms with Crippen molar-refractivity contribution in [2.45, 2.75) is 33.1 Å². The SMILES string of the molecule is CCCC/C=C/C(C)C(=O)O. The first-order valence-electron chi connectivity index (χ1n) is 4.08. The van der Waals surface area contributed by atoms with E-state index in [1.807, 2.05) is 6.08 Å². The molecule has 0 aliphatic carbocycles. The van der Waals surface area contributed by atoms with Gasteiger partial charge in [-0.05, 0) is 13.3 Å². The van der Waals surface area contributed by atoms with Gasteiger partial charge in [-0.2, -0.15) is 0 Å². The van der Waals surface area contributed by atoms with Gasteiger partial charge < -0.3 is 5.11 Å². The first-order chi connectivity index (χ1) is 5.18. The van der Waals surface area contributed by atoms with Crippen LogP contribution in [-0.4, -0.2) is 11.1 Å². The normalized spacial score (nSPS) is 13.6. The topological polar surface area (TPSA) is 37.3 Å². The van der Waals surface area contributed by atoms with Gasteiger partial charge in [-0.15, -0.1) is 0 Å². The molecule has 0 bridgehead atoms. The van der Waals surface area contributed by atoms with Crippen LogP contribution in [0, 0.1) is 5.92 Å². The van der Waals surface area contributed by atoms with Crippen LogP contribution in [0.25, 0.3) is 0 Å². The highest BCUT2D eigenvalue weighted by Gasteiger charge is 2.03. The van der Waals surface area contributed by atoms with Crippen LogP contribution in [0.3, 0.4) is 0 Å². The quantitative estimate of drug-likeness (QED) is 0.490. The standard InChI is InChI=1S/C9H16O2/c1-3-4-5-6-7-8(2)9(10)11/h6-8H,3-5H2,1-2H3,(H,10,11)/b7-6+. The van der Waals surface area contributed by atoms with Crippen LogP contribution in [0.4, 0.5) is 0 Å².